The minimum Gasteiger partial charge on any atom is -0.381 e. The number of rotatable bonds is 3. The summed E-state index contributed by atoms with van der Waals surface area (Å²) in [5, 5.41) is 0.335. The van der Waals surface area contributed by atoms with E-state index >= 15 is 0 Å². The van der Waals surface area contributed by atoms with Crippen LogP contribution in [-0.2, 0) is 4.74 Å². The molecule has 0 bridgehead atoms. The molecule has 1 aromatic rings. The third kappa shape index (κ3) is 3.10. The molecule has 0 aromatic carbocycles. The largest absolute Gasteiger partial charge is 0.381 e. The standard InChI is InChI=1S/C16H22ClN3O2/c1-10(2)15-18-7-13(17)14(19-15)16(21)20-5-3-11(8-20)12-4-6-22-9-12/h7,10-12H,3-6,8-9H2,1-2H3. The minimum absolute atomic E-state index is 0.0734. The molecule has 0 aliphatic carbocycles. The van der Waals surface area contributed by atoms with Crippen LogP contribution in [0.25, 0.3) is 0 Å². The fourth-order valence-electron chi connectivity index (χ4n) is 3.24. The molecular formula is C16H22ClN3O2. The first-order chi connectivity index (χ1) is 10.6. The maximum absolute atomic E-state index is 12.7. The van der Waals surface area contributed by atoms with Gasteiger partial charge in [-0.05, 0) is 24.7 Å². The van der Waals surface area contributed by atoms with E-state index in [-0.39, 0.29) is 11.8 Å². The molecule has 1 amide bonds. The first-order valence-corrected chi connectivity index (χ1v) is 8.33. The van der Waals surface area contributed by atoms with Crippen molar-refractivity contribution in [3.63, 3.8) is 0 Å². The number of halogens is 1. The summed E-state index contributed by atoms with van der Waals surface area (Å²) in [5.41, 5.74) is 0.337. The zero-order valence-electron chi connectivity index (χ0n) is 13.1. The molecule has 2 aliphatic rings. The van der Waals surface area contributed by atoms with E-state index in [9.17, 15) is 4.79 Å². The van der Waals surface area contributed by atoms with E-state index in [1.165, 1.54) is 6.20 Å². The highest BCUT2D eigenvalue weighted by Crippen LogP contribution is 2.31. The summed E-state index contributed by atoms with van der Waals surface area (Å²) in [6, 6.07) is 0. The van der Waals surface area contributed by atoms with Crippen LogP contribution in [0.15, 0.2) is 6.20 Å². The Bertz CT molecular complexity index is 558. The quantitative estimate of drug-likeness (QED) is 0.858. The summed E-state index contributed by atoms with van der Waals surface area (Å²) < 4.78 is 5.47. The molecule has 1 aromatic heterocycles. The van der Waals surface area contributed by atoms with Gasteiger partial charge >= 0.3 is 0 Å². The predicted octanol–water partition coefficient (Wildman–Crippen LogP) is 2.75. The lowest BCUT2D eigenvalue weighted by Crippen LogP contribution is -2.31. The van der Waals surface area contributed by atoms with Gasteiger partial charge in [0, 0.05) is 32.2 Å². The first kappa shape index (κ1) is 15.7. The number of likely N-dealkylation sites (tertiary alicyclic amines) is 1. The Morgan fingerprint density at radius 1 is 1.41 bits per heavy atom. The molecule has 0 saturated carbocycles. The summed E-state index contributed by atoms with van der Waals surface area (Å²) >= 11 is 6.15. The Hall–Kier alpha value is -1.20. The van der Waals surface area contributed by atoms with Crippen LogP contribution >= 0.6 is 11.6 Å². The number of hydrogen-bond donors (Lipinski definition) is 0. The molecule has 3 rings (SSSR count). The van der Waals surface area contributed by atoms with Crippen molar-refractivity contribution in [1.29, 1.82) is 0 Å². The number of amides is 1. The fourth-order valence-corrected chi connectivity index (χ4v) is 3.41. The zero-order chi connectivity index (χ0) is 15.7. The molecule has 0 radical (unpaired) electrons. The van der Waals surface area contributed by atoms with Gasteiger partial charge in [0.15, 0.2) is 5.69 Å². The van der Waals surface area contributed by atoms with Gasteiger partial charge in [-0.2, -0.15) is 0 Å². The Morgan fingerprint density at radius 3 is 2.91 bits per heavy atom. The number of ether oxygens (including phenoxy) is 1. The van der Waals surface area contributed by atoms with Crippen LogP contribution < -0.4 is 0 Å². The molecule has 2 saturated heterocycles. The second-order valence-corrected chi connectivity index (χ2v) is 6.91. The Kier molecular flexibility index (Phi) is 4.64. The molecule has 2 atom stereocenters. The molecule has 6 heteroatoms. The second kappa shape index (κ2) is 6.50. The molecule has 0 N–H and O–H groups in total. The van der Waals surface area contributed by atoms with Gasteiger partial charge in [0.25, 0.3) is 5.91 Å². The topological polar surface area (TPSA) is 55.3 Å². The van der Waals surface area contributed by atoms with E-state index in [0.29, 0.717) is 28.4 Å². The number of aromatic nitrogens is 2. The van der Waals surface area contributed by atoms with Crippen LogP contribution in [0.5, 0.6) is 0 Å². The van der Waals surface area contributed by atoms with Gasteiger partial charge in [-0.15, -0.1) is 0 Å². The van der Waals surface area contributed by atoms with Crippen molar-refractivity contribution in [1.82, 2.24) is 14.9 Å². The Labute approximate surface area is 136 Å². The maximum Gasteiger partial charge on any atom is 0.274 e. The van der Waals surface area contributed by atoms with Gasteiger partial charge in [0.05, 0.1) is 11.2 Å². The first-order valence-electron chi connectivity index (χ1n) is 7.95. The van der Waals surface area contributed by atoms with Crippen molar-refractivity contribution < 1.29 is 9.53 Å². The van der Waals surface area contributed by atoms with E-state index in [1.807, 2.05) is 18.7 Å². The van der Waals surface area contributed by atoms with Gasteiger partial charge in [0.2, 0.25) is 0 Å². The van der Waals surface area contributed by atoms with Gasteiger partial charge in [-0.1, -0.05) is 25.4 Å². The lowest BCUT2D eigenvalue weighted by molar-refractivity contribution is 0.0774. The molecule has 3 heterocycles. The van der Waals surface area contributed by atoms with E-state index < -0.39 is 0 Å². The third-order valence-electron chi connectivity index (χ3n) is 4.63. The van der Waals surface area contributed by atoms with Gasteiger partial charge in [-0.3, -0.25) is 4.79 Å². The van der Waals surface area contributed by atoms with Crippen LogP contribution in [0.2, 0.25) is 5.02 Å². The summed E-state index contributed by atoms with van der Waals surface area (Å²) in [6.07, 6.45) is 3.69. The SMILES string of the molecule is CC(C)c1ncc(Cl)c(C(=O)N2CCC(C3CCOC3)C2)n1. The molecule has 0 spiro atoms. The number of nitrogens with zero attached hydrogens (tertiary/aromatic N) is 3. The average molecular weight is 324 g/mol. The lowest BCUT2D eigenvalue weighted by Gasteiger charge is -2.19. The fraction of sp³-hybridized carbons (Fsp3) is 0.688. The van der Waals surface area contributed by atoms with E-state index in [0.717, 1.165) is 39.1 Å². The summed E-state index contributed by atoms with van der Waals surface area (Å²) in [5.74, 6) is 1.88. The monoisotopic (exact) mass is 323 g/mol. The average Bonchev–Trinajstić information content (AvgIpc) is 3.17. The third-order valence-corrected chi connectivity index (χ3v) is 4.90. The van der Waals surface area contributed by atoms with Crippen LogP contribution in [0.1, 0.15) is 48.9 Å². The van der Waals surface area contributed by atoms with Crippen molar-refractivity contribution >= 4 is 17.5 Å². The van der Waals surface area contributed by atoms with Gasteiger partial charge < -0.3 is 9.64 Å². The van der Waals surface area contributed by atoms with Crippen molar-refractivity contribution in [2.75, 3.05) is 26.3 Å². The summed E-state index contributed by atoms with van der Waals surface area (Å²) in [6.45, 7) is 7.25. The van der Waals surface area contributed by atoms with Crippen molar-refractivity contribution in [3.8, 4) is 0 Å². The zero-order valence-corrected chi connectivity index (χ0v) is 13.8. The highest BCUT2D eigenvalue weighted by atomic mass is 35.5. The van der Waals surface area contributed by atoms with Crippen LogP contribution in [0.4, 0.5) is 0 Å². The van der Waals surface area contributed by atoms with Crippen molar-refractivity contribution in [2.24, 2.45) is 11.8 Å². The molecule has 22 heavy (non-hydrogen) atoms. The van der Waals surface area contributed by atoms with Crippen LogP contribution in [0.3, 0.4) is 0 Å². The van der Waals surface area contributed by atoms with Gasteiger partial charge in [-0.25, -0.2) is 9.97 Å². The van der Waals surface area contributed by atoms with E-state index in [1.54, 1.807) is 0 Å². The highest BCUT2D eigenvalue weighted by Gasteiger charge is 2.35. The summed E-state index contributed by atoms with van der Waals surface area (Å²) in [7, 11) is 0. The predicted molar refractivity (Wildman–Crippen MR) is 84.1 cm³/mol. The van der Waals surface area contributed by atoms with E-state index in [2.05, 4.69) is 9.97 Å². The second-order valence-electron chi connectivity index (χ2n) is 6.50. The number of hydrogen-bond acceptors (Lipinski definition) is 4. The number of carbonyl (C=O) groups is 1. The molecule has 5 nitrogen and oxygen atoms in total. The van der Waals surface area contributed by atoms with Crippen LogP contribution in [0, 0.1) is 11.8 Å². The molecule has 2 fully saturated rings. The van der Waals surface area contributed by atoms with Gasteiger partial charge in [0.1, 0.15) is 5.82 Å². The van der Waals surface area contributed by atoms with Crippen LogP contribution in [-0.4, -0.2) is 47.1 Å². The Morgan fingerprint density at radius 2 is 2.23 bits per heavy atom. The molecule has 2 aliphatic heterocycles. The Balaban J connectivity index is 1.73. The lowest BCUT2D eigenvalue weighted by atomic mass is 9.91. The smallest absolute Gasteiger partial charge is 0.274 e. The molecule has 120 valence electrons. The summed E-state index contributed by atoms with van der Waals surface area (Å²) in [4.78, 5) is 23.2. The van der Waals surface area contributed by atoms with Crippen molar-refractivity contribution in [3.05, 3.63) is 22.7 Å². The highest BCUT2D eigenvalue weighted by molar-refractivity contribution is 6.33. The normalized spacial score (nSPS) is 25.2. The van der Waals surface area contributed by atoms with Crippen molar-refractivity contribution in [2.45, 2.75) is 32.6 Å². The maximum atomic E-state index is 12.7. The van der Waals surface area contributed by atoms with E-state index in [4.69, 9.17) is 16.3 Å². The minimum atomic E-state index is -0.0734. The molecule has 2 unspecified atom stereocenters. The number of carbonyl (C=O) groups excluding carboxylic acids is 1. The molecular weight excluding hydrogens is 302 g/mol.